The summed E-state index contributed by atoms with van der Waals surface area (Å²) in [5.74, 6) is -0.237. The smallest absolute Gasteiger partial charge is 0.364 e. The zero-order valence-electron chi connectivity index (χ0n) is 14.5. The highest BCUT2D eigenvalue weighted by Crippen LogP contribution is 2.28. The molecule has 132 valence electrons. The van der Waals surface area contributed by atoms with Crippen LogP contribution in [0.3, 0.4) is 0 Å². The number of carbonyl (C=O) groups excluding carboxylic acids is 1. The summed E-state index contributed by atoms with van der Waals surface area (Å²) in [6.45, 7) is 1.95. The number of halogens is 1. The van der Waals surface area contributed by atoms with Crippen molar-refractivity contribution in [1.29, 1.82) is 0 Å². The van der Waals surface area contributed by atoms with Crippen LogP contribution in [0.5, 0.6) is 5.75 Å². The van der Waals surface area contributed by atoms with E-state index in [2.05, 4.69) is 5.10 Å². The minimum Gasteiger partial charge on any atom is -0.422 e. The molecule has 0 fully saturated rings. The Balaban J connectivity index is 1.72. The predicted octanol–water partition coefficient (Wildman–Crippen LogP) is 4.42. The molecule has 0 spiro atoms. The van der Waals surface area contributed by atoms with Gasteiger partial charge in [-0.05, 0) is 74.6 Å². The van der Waals surface area contributed by atoms with Gasteiger partial charge in [-0.15, -0.1) is 0 Å². The van der Waals surface area contributed by atoms with E-state index in [0.29, 0.717) is 11.4 Å². The van der Waals surface area contributed by atoms with E-state index in [4.69, 9.17) is 4.74 Å². The molecular weight excluding hydrogens is 331 g/mol. The van der Waals surface area contributed by atoms with Gasteiger partial charge >= 0.3 is 5.97 Å². The van der Waals surface area contributed by atoms with Crippen LogP contribution >= 0.6 is 0 Å². The van der Waals surface area contributed by atoms with Crippen molar-refractivity contribution in [2.24, 2.45) is 0 Å². The van der Waals surface area contributed by atoms with E-state index in [-0.39, 0.29) is 5.82 Å². The van der Waals surface area contributed by atoms with E-state index >= 15 is 0 Å². The van der Waals surface area contributed by atoms with E-state index < -0.39 is 5.97 Å². The molecule has 4 nitrogen and oxygen atoms in total. The molecule has 0 bridgehead atoms. The number of aromatic nitrogens is 2. The molecule has 3 aromatic rings. The van der Waals surface area contributed by atoms with Crippen LogP contribution in [0, 0.1) is 12.7 Å². The Morgan fingerprint density at radius 1 is 1.12 bits per heavy atom. The third-order valence-electron chi connectivity index (χ3n) is 4.64. The SMILES string of the molecule is Cc1cccc(OC(=O)c2nn(-c3ccc(F)cc3)c3c2CCCC3)c1. The Kier molecular flexibility index (Phi) is 4.29. The number of nitrogens with zero attached hydrogens (tertiary/aromatic N) is 2. The van der Waals surface area contributed by atoms with Gasteiger partial charge in [0.15, 0.2) is 5.69 Å². The van der Waals surface area contributed by atoms with Crippen molar-refractivity contribution >= 4 is 5.97 Å². The van der Waals surface area contributed by atoms with E-state index in [9.17, 15) is 9.18 Å². The third kappa shape index (κ3) is 3.12. The van der Waals surface area contributed by atoms with Crippen LogP contribution in [0.4, 0.5) is 4.39 Å². The number of benzene rings is 2. The fraction of sp³-hybridized carbons (Fsp3) is 0.238. The molecule has 1 aromatic heterocycles. The fourth-order valence-corrected chi connectivity index (χ4v) is 3.39. The molecule has 0 atom stereocenters. The number of rotatable bonds is 3. The maximum atomic E-state index is 13.2. The highest BCUT2D eigenvalue weighted by atomic mass is 19.1. The molecule has 0 radical (unpaired) electrons. The minimum absolute atomic E-state index is 0.297. The average Bonchev–Trinajstić information content (AvgIpc) is 3.02. The Bertz CT molecular complexity index is 961. The lowest BCUT2D eigenvalue weighted by atomic mass is 9.95. The van der Waals surface area contributed by atoms with Gasteiger partial charge in [-0.25, -0.2) is 13.9 Å². The van der Waals surface area contributed by atoms with Crippen LogP contribution in [-0.2, 0) is 12.8 Å². The minimum atomic E-state index is -0.449. The monoisotopic (exact) mass is 350 g/mol. The van der Waals surface area contributed by atoms with Gasteiger partial charge in [0.05, 0.1) is 5.69 Å². The third-order valence-corrected chi connectivity index (χ3v) is 4.64. The van der Waals surface area contributed by atoms with Crippen molar-refractivity contribution in [2.75, 3.05) is 0 Å². The summed E-state index contributed by atoms with van der Waals surface area (Å²) in [7, 11) is 0. The molecule has 2 aromatic carbocycles. The topological polar surface area (TPSA) is 44.1 Å². The van der Waals surface area contributed by atoms with E-state index in [1.54, 1.807) is 22.9 Å². The summed E-state index contributed by atoms with van der Waals surface area (Å²) in [5.41, 5.74) is 4.08. The van der Waals surface area contributed by atoms with Crippen LogP contribution in [-0.4, -0.2) is 15.7 Å². The first-order valence-corrected chi connectivity index (χ1v) is 8.77. The molecule has 0 amide bonds. The first kappa shape index (κ1) is 16.5. The van der Waals surface area contributed by atoms with E-state index in [0.717, 1.165) is 48.2 Å². The fourth-order valence-electron chi connectivity index (χ4n) is 3.39. The van der Waals surface area contributed by atoms with Crippen LogP contribution in [0.25, 0.3) is 5.69 Å². The number of esters is 1. The summed E-state index contributed by atoms with van der Waals surface area (Å²) >= 11 is 0. The summed E-state index contributed by atoms with van der Waals surface area (Å²) in [6, 6.07) is 13.5. The van der Waals surface area contributed by atoms with Gasteiger partial charge in [-0.1, -0.05) is 12.1 Å². The summed E-state index contributed by atoms with van der Waals surface area (Å²) < 4.78 is 20.5. The van der Waals surface area contributed by atoms with Crippen LogP contribution < -0.4 is 4.74 Å². The second kappa shape index (κ2) is 6.75. The number of aryl methyl sites for hydroxylation is 1. The molecule has 5 heteroatoms. The molecule has 1 aliphatic carbocycles. The Hall–Kier alpha value is -2.95. The van der Waals surface area contributed by atoms with Gasteiger partial charge in [0.1, 0.15) is 11.6 Å². The maximum absolute atomic E-state index is 13.2. The van der Waals surface area contributed by atoms with Gasteiger partial charge < -0.3 is 4.74 Å². The molecule has 0 unspecified atom stereocenters. The zero-order chi connectivity index (χ0) is 18.1. The normalized spacial score (nSPS) is 13.3. The number of hydrogen-bond donors (Lipinski definition) is 0. The van der Waals surface area contributed by atoms with E-state index in [1.165, 1.54) is 12.1 Å². The second-order valence-electron chi connectivity index (χ2n) is 6.58. The van der Waals surface area contributed by atoms with Crippen molar-refractivity contribution in [3.05, 3.63) is 76.9 Å². The van der Waals surface area contributed by atoms with E-state index in [1.807, 2.05) is 25.1 Å². The molecular formula is C21H19FN2O2. The summed E-state index contributed by atoms with van der Waals surface area (Å²) in [5, 5.41) is 4.53. The summed E-state index contributed by atoms with van der Waals surface area (Å²) in [6.07, 6.45) is 3.71. The Labute approximate surface area is 151 Å². The quantitative estimate of drug-likeness (QED) is 0.519. The standard InChI is InChI=1S/C21H19FN2O2/c1-14-5-4-6-17(13-14)26-21(25)20-18-7-2-3-8-19(18)24(23-20)16-11-9-15(22)10-12-16/h4-6,9-13H,2-3,7-8H2,1H3. The summed E-state index contributed by atoms with van der Waals surface area (Å²) in [4.78, 5) is 12.7. The molecule has 0 N–H and O–H groups in total. The molecule has 0 aliphatic heterocycles. The van der Waals surface area contributed by atoms with Crippen molar-refractivity contribution in [2.45, 2.75) is 32.6 Å². The molecule has 1 heterocycles. The lowest BCUT2D eigenvalue weighted by molar-refractivity contribution is 0.0727. The molecule has 1 aliphatic rings. The molecule has 4 rings (SSSR count). The molecule has 0 saturated carbocycles. The second-order valence-corrected chi connectivity index (χ2v) is 6.58. The number of fused-ring (bicyclic) bond motifs is 1. The van der Waals surface area contributed by atoms with Gasteiger partial charge in [-0.3, -0.25) is 0 Å². The van der Waals surface area contributed by atoms with Crippen LogP contribution in [0.15, 0.2) is 48.5 Å². The maximum Gasteiger partial charge on any atom is 0.364 e. The van der Waals surface area contributed by atoms with Gasteiger partial charge in [0.2, 0.25) is 0 Å². The van der Waals surface area contributed by atoms with Gasteiger partial charge in [-0.2, -0.15) is 5.10 Å². The lowest BCUT2D eigenvalue weighted by Crippen LogP contribution is -2.13. The Morgan fingerprint density at radius 3 is 2.65 bits per heavy atom. The molecule has 0 saturated heterocycles. The van der Waals surface area contributed by atoms with Crippen molar-refractivity contribution in [1.82, 2.24) is 9.78 Å². The van der Waals surface area contributed by atoms with Crippen molar-refractivity contribution in [3.63, 3.8) is 0 Å². The van der Waals surface area contributed by atoms with Crippen LogP contribution in [0.2, 0.25) is 0 Å². The zero-order valence-corrected chi connectivity index (χ0v) is 14.5. The largest absolute Gasteiger partial charge is 0.422 e. The lowest BCUT2D eigenvalue weighted by Gasteiger charge is -2.14. The number of hydrogen-bond acceptors (Lipinski definition) is 3. The average molecular weight is 350 g/mol. The first-order chi connectivity index (χ1) is 12.6. The van der Waals surface area contributed by atoms with Gasteiger partial charge in [0, 0.05) is 11.3 Å². The van der Waals surface area contributed by atoms with Gasteiger partial charge in [0.25, 0.3) is 0 Å². The number of carbonyl (C=O) groups is 1. The predicted molar refractivity (Wildman–Crippen MR) is 96.3 cm³/mol. The van der Waals surface area contributed by atoms with Crippen molar-refractivity contribution < 1.29 is 13.9 Å². The number of ether oxygens (including phenoxy) is 1. The van der Waals surface area contributed by atoms with Crippen LogP contribution in [0.1, 0.15) is 40.2 Å². The Morgan fingerprint density at radius 2 is 1.88 bits per heavy atom. The van der Waals surface area contributed by atoms with Crippen molar-refractivity contribution in [3.8, 4) is 11.4 Å². The highest BCUT2D eigenvalue weighted by Gasteiger charge is 2.26. The molecule has 26 heavy (non-hydrogen) atoms. The first-order valence-electron chi connectivity index (χ1n) is 8.77. The highest BCUT2D eigenvalue weighted by molar-refractivity contribution is 5.91.